The van der Waals surface area contributed by atoms with Crippen molar-refractivity contribution in [1.29, 1.82) is 0 Å². The standard InChI is InChI=1S/C18H21ClN2O2S/c1-21(18-6-3-2-4-7-18)14-5-13-20-24(22,23)15-12-16-8-10-17(19)11-9-16/h2-4,6-12,15,20H,5,13-14H2,1H3/b15-12+. The SMILES string of the molecule is CN(CCCNS(=O)(=O)/C=C/c1ccc(Cl)cc1)c1ccccc1. The molecule has 6 heteroatoms. The lowest BCUT2D eigenvalue weighted by molar-refractivity contribution is 0.588. The van der Waals surface area contributed by atoms with Gasteiger partial charge in [-0.25, -0.2) is 13.1 Å². The Morgan fingerprint density at radius 1 is 1.08 bits per heavy atom. The molecule has 1 N–H and O–H groups in total. The summed E-state index contributed by atoms with van der Waals surface area (Å²) in [6.07, 6.45) is 2.27. The second kappa shape index (κ2) is 8.87. The van der Waals surface area contributed by atoms with E-state index in [1.54, 1.807) is 30.3 Å². The van der Waals surface area contributed by atoms with E-state index < -0.39 is 10.0 Å². The Kier molecular flexibility index (Phi) is 6.85. The van der Waals surface area contributed by atoms with Crippen molar-refractivity contribution < 1.29 is 8.42 Å². The van der Waals surface area contributed by atoms with Crippen molar-refractivity contribution in [3.8, 4) is 0 Å². The Morgan fingerprint density at radius 2 is 1.75 bits per heavy atom. The van der Waals surface area contributed by atoms with E-state index in [1.165, 1.54) is 5.41 Å². The molecule has 0 atom stereocenters. The molecule has 0 aliphatic carbocycles. The third-order valence-corrected chi connectivity index (χ3v) is 4.83. The molecule has 0 fully saturated rings. The molecule has 2 rings (SSSR count). The van der Waals surface area contributed by atoms with Gasteiger partial charge in [0.15, 0.2) is 0 Å². The molecule has 0 radical (unpaired) electrons. The highest BCUT2D eigenvalue weighted by Gasteiger charge is 2.05. The topological polar surface area (TPSA) is 49.4 Å². The molecule has 0 aromatic heterocycles. The Bertz CT molecular complexity index is 759. The van der Waals surface area contributed by atoms with Crippen LogP contribution in [-0.4, -0.2) is 28.6 Å². The molecular formula is C18H21ClN2O2S. The smallest absolute Gasteiger partial charge is 0.233 e. The van der Waals surface area contributed by atoms with Gasteiger partial charge in [0.1, 0.15) is 0 Å². The predicted molar refractivity (Wildman–Crippen MR) is 102 cm³/mol. The van der Waals surface area contributed by atoms with Crippen LogP contribution in [0.15, 0.2) is 60.0 Å². The fraction of sp³-hybridized carbons (Fsp3) is 0.222. The highest BCUT2D eigenvalue weighted by Crippen LogP contribution is 2.12. The fourth-order valence-corrected chi connectivity index (χ4v) is 3.12. The maximum absolute atomic E-state index is 11.9. The molecule has 24 heavy (non-hydrogen) atoms. The van der Waals surface area contributed by atoms with Gasteiger partial charge in [0, 0.05) is 36.3 Å². The van der Waals surface area contributed by atoms with Crippen molar-refractivity contribution >= 4 is 33.4 Å². The van der Waals surface area contributed by atoms with Crippen LogP contribution in [0.5, 0.6) is 0 Å². The number of anilines is 1. The number of halogens is 1. The largest absolute Gasteiger partial charge is 0.375 e. The van der Waals surface area contributed by atoms with Crippen LogP contribution in [0, 0.1) is 0 Å². The molecule has 2 aromatic rings. The van der Waals surface area contributed by atoms with E-state index in [4.69, 9.17) is 11.6 Å². The van der Waals surface area contributed by atoms with E-state index in [-0.39, 0.29) is 0 Å². The van der Waals surface area contributed by atoms with Gasteiger partial charge < -0.3 is 4.90 Å². The van der Waals surface area contributed by atoms with Crippen LogP contribution in [0.2, 0.25) is 5.02 Å². The number of para-hydroxylation sites is 1. The molecule has 0 unspecified atom stereocenters. The zero-order valence-corrected chi connectivity index (χ0v) is 15.1. The number of benzene rings is 2. The van der Waals surface area contributed by atoms with Gasteiger partial charge in [-0.2, -0.15) is 0 Å². The van der Waals surface area contributed by atoms with E-state index in [0.29, 0.717) is 11.6 Å². The van der Waals surface area contributed by atoms with Crippen molar-refractivity contribution in [2.24, 2.45) is 0 Å². The maximum Gasteiger partial charge on any atom is 0.233 e. The van der Waals surface area contributed by atoms with Crippen LogP contribution in [0.1, 0.15) is 12.0 Å². The average Bonchev–Trinajstić information content (AvgIpc) is 2.59. The molecule has 0 aliphatic heterocycles. The first-order valence-corrected chi connectivity index (χ1v) is 9.58. The Labute approximate surface area is 148 Å². The molecule has 128 valence electrons. The summed E-state index contributed by atoms with van der Waals surface area (Å²) in [4.78, 5) is 2.10. The van der Waals surface area contributed by atoms with Gasteiger partial charge in [0.2, 0.25) is 10.0 Å². The first-order valence-electron chi connectivity index (χ1n) is 7.66. The van der Waals surface area contributed by atoms with Crippen molar-refractivity contribution in [1.82, 2.24) is 4.72 Å². The van der Waals surface area contributed by atoms with E-state index in [1.807, 2.05) is 37.4 Å². The van der Waals surface area contributed by atoms with E-state index >= 15 is 0 Å². The number of nitrogens with one attached hydrogen (secondary N) is 1. The molecule has 4 nitrogen and oxygen atoms in total. The highest BCUT2D eigenvalue weighted by molar-refractivity contribution is 7.92. The van der Waals surface area contributed by atoms with Gasteiger partial charge in [0.25, 0.3) is 0 Å². The number of hydrogen-bond acceptors (Lipinski definition) is 3. The minimum atomic E-state index is -3.43. The predicted octanol–water partition coefficient (Wildman–Crippen LogP) is 3.76. The molecule has 0 saturated carbocycles. The zero-order valence-electron chi connectivity index (χ0n) is 13.5. The minimum absolute atomic E-state index is 0.393. The monoisotopic (exact) mass is 364 g/mol. The van der Waals surface area contributed by atoms with E-state index in [2.05, 4.69) is 9.62 Å². The third kappa shape index (κ3) is 6.35. The molecule has 0 saturated heterocycles. The average molecular weight is 365 g/mol. The Hall–Kier alpha value is -1.82. The zero-order chi connectivity index (χ0) is 17.4. The third-order valence-electron chi connectivity index (χ3n) is 3.48. The first kappa shape index (κ1) is 18.5. The van der Waals surface area contributed by atoms with Crippen LogP contribution in [0.3, 0.4) is 0 Å². The van der Waals surface area contributed by atoms with Crippen LogP contribution in [0.25, 0.3) is 6.08 Å². The maximum atomic E-state index is 11.9. The Balaban J connectivity index is 1.77. The minimum Gasteiger partial charge on any atom is -0.375 e. The number of rotatable bonds is 8. The molecule has 0 heterocycles. The summed E-state index contributed by atoms with van der Waals surface area (Å²) in [6, 6.07) is 17.0. The van der Waals surface area contributed by atoms with Gasteiger partial charge in [0.05, 0.1) is 0 Å². The summed E-state index contributed by atoms with van der Waals surface area (Å²) in [5, 5.41) is 1.80. The van der Waals surface area contributed by atoms with Crippen LogP contribution in [0.4, 0.5) is 5.69 Å². The summed E-state index contributed by atoms with van der Waals surface area (Å²) in [5.41, 5.74) is 1.90. The lowest BCUT2D eigenvalue weighted by Crippen LogP contribution is -2.26. The summed E-state index contributed by atoms with van der Waals surface area (Å²) in [7, 11) is -1.44. The summed E-state index contributed by atoms with van der Waals surface area (Å²) >= 11 is 5.80. The highest BCUT2D eigenvalue weighted by atomic mass is 35.5. The molecule has 0 amide bonds. The summed E-state index contributed by atoms with van der Waals surface area (Å²) in [6.45, 7) is 1.16. The normalized spacial score (nSPS) is 11.8. The van der Waals surface area contributed by atoms with Gasteiger partial charge in [-0.05, 0) is 42.3 Å². The molecule has 2 aromatic carbocycles. The van der Waals surface area contributed by atoms with E-state index in [0.717, 1.165) is 24.2 Å². The van der Waals surface area contributed by atoms with Crippen LogP contribution in [-0.2, 0) is 10.0 Å². The molecular weight excluding hydrogens is 344 g/mol. The summed E-state index contributed by atoms with van der Waals surface area (Å²) in [5.74, 6) is 0. The van der Waals surface area contributed by atoms with Gasteiger partial charge in [-0.1, -0.05) is 41.9 Å². The van der Waals surface area contributed by atoms with E-state index in [9.17, 15) is 8.42 Å². The lowest BCUT2D eigenvalue weighted by Gasteiger charge is -2.18. The van der Waals surface area contributed by atoms with Crippen LogP contribution < -0.4 is 9.62 Å². The number of hydrogen-bond donors (Lipinski definition) is 1. The number of sulfonamides is 1. The number of nitrogens with zero attached hydrogens (tertiary/aromatic N) is 1. The molecule has 0 aliphatic rings. The van der Waals surface area contributed by atoms with Crippen molar-refractivity contribution in [3.63, 3.8) is 0 Å². The molecule has 0 bridgehead atoms. The van der Waals surface area contributed by atoms with Gasteiger partial charge in [-0.3, -0.25) is 0 Å². The summed E-state index contributed by atoms with van der Waals surface area (Å²) < 4.78 is 26.5. The second-order valence-corrected chi connectivity index (χ2v) is 7.49. The molecule has 0 spiro atoms. The van der Waals surface area contributed by atoms with Crippen molar-refractivity contribution in [3.05, 3.63) is 70.6 Å². The quantitative estimate of drug-likeness (QED) is 0.725. The van der Waals surface area contributed by atoms with Crippen LogP contribution >= 0.6 is 11.6 Å². The van der Waals surface area contributed by atoms with Gasteiger partial charge in [-0.15, -0.1) is 0 Å². The Morgan fingerprint density at radius 3 is 2.42 bits per heavy atom. The first-order chi connectivity index (χ1) is 11.5. The van der Waals surface area contributed by atoms with Gasteiger partial charge >= 0.3 is 0 Å². The second-order valence-electron chi connectivity index (χ2n) is 5.40. The van der Waals surface area contributed by atoms with Crippen molar-refractivity contribution in [2.75, 3.05) is 25.0 Å². The fourth-order valence-electron chi connectivity index (χ4n) is 2.13. The lowest BCUT2D eigenvalue weighted by atomic mass is 10.2. The van der Waals surface area contributed by atoms with Crippen molar-refractivity contribution in [2.45, 2.75) is 6.42 Å².